The van der Waals surface area contributed by atoms with E-state index in [1.54, 1.807) is 12.3 Å². The molecule has 0 aliphatic heterocycles. The Kier molecular flexibility index (Phi) is 5.01. The Bertz CT molecular complexity index is 576. The smallest absolute Gasteiger partial charge is 0.201 e. The van der Waals surface area contributed by atoms with Gasteiger partial charge < -0.3 is 10.1 Å². The maximum atomic E-state index is 13.5. The second-order valence-corrected chi connectivity index (χ2v) is 4.36. The van der Waals surface area contributed by atoms with Crippen LogP contribution in [0, 0.1) is 11.6 Å². The third-order valence-electron chi connectivity index (χ3n) is 2.67. The van der Waals surface area contributed by atoms with Crippen LogP contribution >= 0.6 is 0 Å². The summed E-state index contributed by atoms with van der Waals surface area (Å²) < 4.78 is 31.9. The first-order chi connectivity index (χ1) is 9.70. The third kappa shape index (κ3) is 3.74. The van der Waals surface area contributed by atoms with Crippen LogP contribution in [0.5, 0.6) is 11.5 Å². The molecule has 0 atom stereocenters. The van der Waals surface area contributed by atoms with Crippen LogP contribution in [-0.2, 0) is 6.54 Å². The number of benzene rings is 1. The maximum Gasteiger partial charge on any atom is 0.201 e. The summed E-state index contributed by atoms with van der Waals surface area (Å²) in [6.45, 7) is 3.64. The Labute approximate surface area is 116 Å². The van der Waals surface area contributed by atoms with Crippen LogP contribution in [0.15, 0.2) is 36.7 Å². The summed E-state index contributed by atoms with van der Waals surface area (Å²) in [5.74, 6) is -1.70. The lowest BCUT2D eigenvalue weighted by atomic mass is 10.2. The SMILES string of the molecule is CCCNCc1cncc(Oc2cccc(F)c2F)c1. The van der Waals surface area contributed by atoms with Crippen LogP contribution in [0.3, 0.4) is 0 Å². The first-order valence-corrected chi connectivity index (χ1v) is 6.47. The predicted molar refractivity (Wildman–Crippen MR) is 72.7 cm³/mol. The van der Waals surface area contributed by atoms with Crippen LogP contribution in [-0.4, -0.2) is 11.5 Å². The van der Waals surface area contributed by atoms with Gasteiger partial charge in [0, 0.05) is 12.7 Å². The second kappa shape index (κ2) is 6.96. The van der Waals surface area contributed by atoms with E-state index in [9.17, 15) is 8.78 Å². The number of rotatable bonds is 6. The van der Waals surface area contributed by atoms with E-state index in [1.165, 1.54) is 18.3 Å². The zero-order chi connectivity index (χ0) is 14.4. The van der Waals surface area contributed by atoms with Crippen molar-refractivity contribution in [1.82, 2.24) is 10.3 Å². The molecule has 0 aliphatic rings. The van der Waals surface area contributed by atoms with Crippen molar-refractivity contribution < 1.29 is 13.5 Å². The fourth-order valence-corrected chi connectivity index (χ4v) is 1.72. The summed E-state index contributed by atoms with van der Waals surface area (Å²) in [5, 5.41) is 3.23. The van der Waals surface area contributed by atoms with E-state index in [-0.39, 0.29) is 5.75 Å². The highest BCUT2D eigenvalue weighted by Gasteiger charge is 2.10. The summed E-state index contributed by atoms with van der Waals surface area (Å²) in [6.07, 6.45) is 4.21. The highest BCUT2D eigenvalue weighted by molar-refractivity contribution is 5.32. The lowest BCUT2D eigenvalue weighted by molar-refractivity contribution is 0.414. The molecule has 20 heavy (non-hydrogen) atoms. The highest BCUT2D eigenvalue weighted by atomic mass is 19.2. The normalized spacial score (nSPS) is 10.6. The standard InChI is InChI=1S/C15H16F2N2O/c1-2-6-18-8-11-7-12(10-19-9-11)20-14-5-3-4-13(16)15(14)17/h3-5,7,9-10,18H,2,6,8H2,1H3. The maximum absolute atomic E-state index is 13.5. The summed E-state index contributed by atoms with van der Waals surface area (Å²) in [5.41, 5.74) is 0.924. The summed E-state index contributed by atoms with van der Waals surface area (Å²) in [7, 11) is 0. The highest BCUT2D eigenvalue weighted by Crippen LogP contribution is 2.25. The van der Waals surface area contributed by atoms with Gasteiger partial charge in [-0.25, -0.2) is 4.39 Å². The van der Waals surface area contributed by atoms with Crippen molar-refractivity contribution in [2.75, 3.05) is 6.54 Å². The van der Waals surface area contributed by atoms with Crippen molar-refractivity contribution in [3.8, 4) is 11.5 Å². The number of aromatic nitrogens is 1. The molecule has 0 saturated carbocycles. The van der Waals surface area contributed by atoms with Gasteiger partial charge in [0.1, 0.15) is 5.75 Å². The zero-order valence-electron chi connectivity index (χ0n) is 11.2. The lowest BCUT2D eigenvalue weighted by Gasteiger charge is -2.08. The number of nitrogens with zero attached hydrogens (tertiary/aromatic N) is 1. The largest absolute Gasteiger partial charge is 0.453 e. The minimum Gasteiger partial charge on any atom is -0.453 e. The van der Waals surface area contributed by atoms with E-state index in [1.807, 2.05) is 0 Å². The molecule has 2 rings (SSSR count). The molecule has 1 N–H and O–H groups in total. The number of halogens is 2. The zero-order valence-corrected chi connectivity index (χ0v) is 11.2. The molecular weight excluding hydrogens is 262 g/mol. The topological polar surface area (TPSA) is 34.2 Å². The monoisotopic (exact) mass is 278 g/mol. The van der Waals surface area contributed by atoms with Crippen LogP contribution in [0.2, 0.25) is 0 Å². The van der Waals surface area contributed by atoms with E-state index in [2.05, 4.69) is 17.2 Å². The van der Waals surface area contributed by atoms with E-state index in [0.717, 1.165) is 24.6 Å². The average Bonchev–Trinajstić information content (AvgIpc) is 2.45. The molecule has 0 radical (unpaired) electrons. The van der Waals surface area contributed by atoms with Crippen molar-refractivity contribution in [3.63, 3.8) is 0 Å². The van der Waals surface area contributed by atoms with Crippen molar-refractivity contribution in [2.45, 2.75) is 19.9 Å². The molecule has 106 valence electrons. The van der Waals surface area contributed by atoms with Gasteiger partial charge in [-0.05, 0) is 36.7 Å². The Morgan fingerprint density at radius 2 is 2.10 bits per heavy atom. The Morgan fingerprint density at radius 1 is 1.25 bits per heavy atom. The molecule has 1 aromatic carbocycles. The summed E-state index contributed by atoms with van der Waals surface area (Å²) >= 11 is 0. The van der Waals surface area contributed by atoms with Crippen molar-refractivity contribution >= 4 is 0 Å². The number of hydrogen-bond donors (Lipinski definition) is 1. The molecule has 1 aromatic heterocycles. The molecule has 0 aliphatic carbocycles. The van der Waals surface area contributed by atoms with Gasteiger partial charge in [0.2, 0.25) is 5.82 Å². The molecule has 2 aromatic rings. The van der Waals surface area contributed by atoms with E-state index in [4.69, 9.17) is 4.74 Å². The molecule has 0 spiro atoms. The predicted octanol–water partition coefficient (Wildman–Crippen LogP) is 3.65. The lowest BCUT2D eigenvalue weighted by Crippen LogP contribution is -2.13. The molecule has 0 unspecified atom stereocenters. The van der Waals surface area contributed by atoms with E-state index < -0.39 is 11.6 Å². The minimum atomic E-state index is -0.998. The van der Waals surface area contributed by atoms with Crippen molar-refractivity contribution in [2.24, 2.45) is 0 Å². The Morgan fingerprint density at radius 3 is 2.90 bits per heavy atom. The van der Waals surface area contributed by atoms with E-state index in [0.29, 0.717) is 12.3 Å². The van der Waals surface area contributed by atoms with Crippen LogP contribution < -0.4 is 10.1 Å². The van der Waals surface area contributed by atoms with E-state index >= 15 is 0 Å². The van der Waals surface area contributed by atoms with Gasteiger partial charge in [-0.1, -0.05) is 13.0 Å². The van der Waals surface area contributed by atoms with Gasteiger partial charge in [0.25, 0.3) is 0 Å². The first kappa shape index (κ1) is 14.4. The molecule has 1 heterocycles. The minimum absolute atomic E-state index is 0.148. The summed E-state index contributed by atoms with van der Waals surface area (Å²) in [4.78, 5) is 4.03. The van der Waals surface area contributed by atoms with Crippen molar-refractivity contribution in [3.05, 3.63) is 53.9 Å². The van der Waals surface area contributed by atoms with Crippen LogP contribution in [0.1, 0.15) is 18.9 Å². The number of pyridine rings is 1. The number of nitrogens with one attached hydrogen (secondary N) is 1. The summed E-state index contributed by atoms with van der Waals surface area (Å²) in [6, 6.07) is 5.57. The molecule has 0 bridgehead atoms. The fraction of sp³-hybridized carbons (Fsp3) is 0.267. The molecule has 0 fully saturated rings. The molecule has 5 heteroatoms. The van der Waals surface area contributed by atoms with Gasteiger partial charge >= 0.3 is 0 Å². The third-order valence-corrected chi connectivity index (χ3v) is 2.67. The molecule has 0 saturated heterocycles. The Hall–Kier alpha value is -2.01. The quantitative estimate of drug-likeness (QED) is 0.819. The fourth-order valence-electron chi connectivity index (χ4n) is 1.72. The molecular formula is C15H16F2N2O. The van der Waals surface area contributed by atoms with Gasteiger partial charge in [-0.3, -0.25) is 4.98 Å². The van der Waals surface area contributed by atoms with Crippen LogP contribution in [0.4, 0.5) is 8.78 Å². The van der Waals surface area contributed by atoms with Gasteiger partial charge in [-0.15, -0.1) is 0 Å². The molecule has 3 nitrogen and oxygen atoms in total. The van der Waals surface area contributed by atoms with Crippen molar-refractivity contribution in [1.29, 1.82) is 0 Å². The molecule has 0 amide bonds. The van der Waals surface area contributed by atoms with Crippen LogP contribution in [0.25, 0.3) is 0 Å². The van der Waals surface area contributed by atoms with Gasteiger partial charge in [0.15, 0.2) is 11.6 Å². The number of ether oxygens (including phenoxy) is 1. The van der Waals surface area contributed by atoms with Gasteiger partial charge in [-0.2, -0.15) is 4.39 Å². The average molecular weight is 278 g/mol. The number of hydrogen-bond acceptors (Lipinski definition) is 3. The van der Waals surface area contributed by atoms with Gasteiger partial charge in [0.05, 0.1) is 6.20 Å². The second-order valence-electron chi connectivity index (χ2n) is 4.36. The Balaban J connectivity index is 2.09. The first-order valence-electron chi connectivity index (χ1n) is 6.47.